The lowest BCUT2D eigenvalue weighted by molar-refractivity contribution is 0.0992. The number of Topliss-reactive ketones (excluding diaryl/α,β-unsaturated/α-hetero) is 1. The third-order valence-electron chi connectivity index (χ3n) is 6.68. The predicted octanol–water partition coefficient (Wildman–Crippen LogP) is 4.69. The number of pyridine rings is 2. The van der Waals surface area contributed by atoms with E-state index in [-0.39, 0.29) is 18.8 Å². The minimum atomic E-state index is -0.0799. The molecule has 1 aliphatic carbocycles. The number of aliphatic hydroxyl groups is 1. The van der Waals surface area contributed by atoms with Crippen molar-refractivity contribution in [2.24, 2.45) is 7.05 Å². The Morgan fingerprint density at radius 2 is 1.91 bits per heavy atom. The molecule has 0 bridgehead atoms. The van der Waals surface area contributed by atoms with Gasteiger partial charge in [-0.15, -0.1) is 0 Å². The van der Waals surface area contributed by atoms with Gasteiger partial charge in [0, 0.05) is 47.7 Å². The van der Waals surface area contributed by atoms with Crippen molar-refractivity contribution in [3.8, 4) is 11.1 Å². The number of aromatic nitrogens is 4. The minimum absolute atomic E-state index is 0.0203. The van der Waals surface area contributed by atoms with E-state index in [0.29, 0.717) is 11.6 Å². The number of anilines is 1. The van der Waals surface area contributed by atoms with Crippen LogP contribution >= 0.6 is 0 Å². The lowest BCUT2D eigenvalue weighted by Crippen LogP contribution is -2.23. The molecule has 0 amide bonds. The molecule has 4 aromatic rings. The second-order valence-corrected chi connectivity index (χ2v) is 9.03. The van der Waals surface area contributed by atoms with Gasteiger partial charge in [-0.25, -0.2) is 4.98 Å². The van der Waals surface area contributed by atoms with Gasteiger partial charge < -0.3 is 10.4 Å². The third-order valence-corrected chi connectivity index (χ3v) is 6.68. The van der Waals surface area contributed by atoms with Crippen LogP contribution in [-0.2, 0) is 20.1 Å². The summed E-state index contributed by atoms with van der Waals surface area (Å²) in [5.41, 5.74) is 4.00. The van der Waals surface area contributed by atoms with Crippen LogP contribution in [-0.4, -0.2) is 36.7 Å². The number of ketones is 1. The normalized spacial score (nSPS) is 14.4. The SMILES string of the molecule is Cn1ncc(-c2ccc3cnc(CC(=O)c4ccnc(NC5CCCCC5)c4)cc3c2)c1CO. The second kappa shape index (κ2) is 9.73. The summed E-state index contributed by atoms with van der Waals surface area (Å²) in [7, 11) is 1.82. The zero-order valence-corrected chi connectivity index (χ0v) is 19.4. The van der Waals surface area contributed by atoms with Gasteiger partial charge in [-0.1, -0.05) is 31.4 Å². The Labute approximate surface area is 198 Å². The van der Waals surface area contributed by atoms with Crippen LogP contribution in [0.25, 0.3) is 21.9 Å². The first-order valence-electron chi connectivity index (χ1n) is 11.9. The summed E-state index contributed by atoms with van der Waals surface area (Å²) in [6.07, 6.45) is 11.6. The highest BCUT2D eigenvalue weighted by molar-refractivity contribution is 5.98. The number of fused-ring (bicyclic) bond motifs is 1. The fourth-order valence-corrected chi connectivity index (χ4v) is 4.75. The van der Waals surface area contributed by atoms with Crippen LogP contribution in [0.1, 0.15) is 53.8 Å². The molecular formula is C27H29N5O2. The Bertz CT molecular complexity index is 1320. The molecule has 174 valence electrons. The molecular weight excluding hydrogens is 426 g/mol. The van der Waals surface area contributed by atoms with Gasteiger partial charge in [-0.05, 0) is 48.1 Å². The van der Waals surface area contributed by atoms with E-state index in [9.17, 15) is 9.90 Å². The molecule has 3 aromatic heterocycles. The molecule has 0 saturated heterocycles. The molecule has 7 heteroatoms. The Kier molecular flexibility index (Phi) is 6.36. The average molecular weight is 456 g/mol. The zero-order valence-electron chi connectivity index (χ0n) is 19.4. The lowest BCUT2D eigenvalue weighted by Gasteiger charge is -2.23. The van der Waals surface area contributed by atoms with E-state index in [2.05, 4.69) is 26.4 Å². The molecule has 1 saturated carbocycles. The van der Waals surface area contributed by atoms with Gasteiger partial charge in [0.2, 0.25) is 0 Å². The lowest BCUT2D eigenvalue weighted by atomic mass is 9.95. The summed E-state index contributed by atoms with van der Waals surface area (Å²) in [4.78, 5) is 22.0. The van der Waals surface area contributed by atoms with Crippen LogP contribution in [0.2, 0.25) is 0 Å². The van der Waals surface area contributed by atoms with Crippen molar-refractivity contribution in [1.29, 1.82) is 0 Å². The number of carbonyl (C=O) groups is 1. The topological polar surface area (TPSA) is 92.9 Å². The van der Waals surface area contributed by atoms with Crippen molar-refractivity contribution in [3.63, 3.8) is 0 Å². The molecule has 3 heterocycles. The molecule has 0 spiro atoms. The van der Waals surface area contributed by atoms with Crippen LogP contribution < -0.4 is 5.32 Å². The number of rotatable bonds is 7. The first-order valence-corrected chi connectivity index (χ1v) is 11.9. The molecule has 0 aliphatic heterocycles. The van der Waals surface area contributed by atoms with Crippen molar-refractivity contribution < 1.29 is 9.90 Å². The maximum Gasteiger partial charge on any atom is 0.169 e. The Morgan fingerprint density at radius 1 is 1.06 bits per heavy atom. The second-order valence-electron chi connectivity index (χ2n) is 9.03. The van der Waals surface area contributed by atoms with Crippen molar-refractivity contribution in [2.75, 3.05) is 5.32 Å². The minimum Gasteiger partial charge on any atom is -0.390 e. The smallest absolute Gasteiger partial charge is 0.169 e. The van der Waals surface area contributed by atoms with Crippen LogP contribution in [0.15, 0.2) is 55.0 Å². The maximum absolute atomic E-state index is 13.0. The molecule has 2 N–H and O–H groups in total. The standard InChI is InChI=1S/C27H29N5O2/c1-32-25(17-33)24(16-30-32)18-7-8-20-15-29-23(12-21(20)11-18)14-26(34)19-9-10-28-27(13-19)31-22-5-3-2-4-6-22/h7-13,15-16,22,33H,2-6,14,17H2,1H3,(H,28,31). The molecule has 34 heavy (non-hydrogen) atoms. The van der Waals surface area contributed by atoms with Crippen LogP contribution in [0.3, 0.4) is 0 Å². The first-order chi connectivity index (χ1) is 16.6. The molecule has 5 rings (SSSR count). The van der Waals surface area contributed by atoms with Gasteiger partial charge in [0.15, 0.2) is 5.78 Å². The van der Waals surface area contributed by atoms with Gasteiger partial charge in [0.25, 0.3) is 0 Å². The van der Waals surface area contributed by atoms with E-state index in [1.54, 1.807) is 29.3 Å². The van der Waals surface area contributed by atoms with Gasteiger partial charge in [-0.3, -0.25) is 14.5 Å². The zero-order chi connectivity index (χ0) is 23.5. The third kappa shape index (κ3) is 4.70. The number of aryl methyl sites for hydroxylation is 1. The van der Waals surface area contributed by atoms with E-state index in [4.69, 9.17) is 0 Å². The van der Waals surface area contributed by atoms with Crippen LogP contribution in [0.5, 0.6) is 0 Å². The quantitative estimate of drug-likeness (QED) is 0.393. The summed E-state index contributed by atoms with van der Waals surface area (Å²) < 4.78 is 1.68. The summed E-state index contributed by atoms with van der Waals surface area (Å²) in [6.45, 7) is -0.0799. The van der Waals surface area contributed by atoms with Crippen LogP contribution in [0, 0.1) is 0 Å². The highest BCUT2D eigenvalue weighted by Gasteiger charge is 2.16. The number of aliphatic hydroxyl groups excluding tert-OH is 1. The first kappa shape index (κ1) is 22.2. The number of hydrogen-bond acceptors (Lipinski definition) is 6. The van der Waals surface area contributed by atoms with Crippen LogP contribution in [0.4, 0.5) is 5.82 Å². The van der Waals surface area contributed by atoms with E-state index in [0.717, 1.165) is 51.9 Å². The largest absolute Gasteiger partial charge is 0.390 e. The number of nitrogens with zero attached hydrogens (tertiary/aromatic N) is 4. The van der Waals surface area contributed by atoms with Gasteiger partial charge in [0.1, 0.15) is 5.82 Å². The summed E-state index contributed by atoms with van der Waals surface area (Å²) >= 11 is 0. The fraction of sp³-hybridized carbons (Fsp3) is 0.333. The van der Waals surface area contributed by atoms with E-state index in [1.807, 2.05) is 31.3 Å². The van der Waals surface area contributed by atoms with Crippen molar-refractivity contribution >= 4 is 22.4 Å². The number of benzene rings is 1. The Morgan fingerprint density at radius 3 is 2.74 bits per heavy atom. The van der Waals surface area contributed by atoms with Gasteiger partial charge >= 0.3 is 0 Å². The average Bonchev–Trinajstić information content (AvgIpc) is 3.24. The Balaban J connectivity index is 1.35. The molecule has 1 aromatic carbocycles. The monoisotopic (exact) mass is 455 g/mol. The molecule has 0 radical (unpaired) electrons. The maximum atomic E-state index is 13.0. The number of nitrogens with one attached hydrogen (secondary N) is 1. The van der Waals surface area contributed by atoms with Crippen molar-refractivity contribution in [1.82, 2.24) is 19.7 Å². The van der Waals surface area contributed by atoms with Gasteiger partial charge in [-0.2, -0.15) is 5.10 Å². The predicted molar refractivity (Wildman–Crippen MR) is 133 cm³/mol. The molecule has 1 fully saturated rings. The summed E-state index contributed by atoms with van der Waals surface area (Å²) in [5.74, 6) is 0.789. The highest BCUT2D eigenvalue weighted by Crippen LogP contribution is 2.27. The molecule has 0 atom stereocenters. The fourth-order valence-electron chi connectivity index (χ4n) is 4.75. The highest BCUT2D eigenvalue weighted by atomic mass is 16.3. The van der Waals surface area contributed by atoms with Crippen molar-refractivity contribution in [3.05, 3.63) is 71.9 Å². The Hall–Kier alpha value is -3.58. The number of carbonyl (C=O) groups excluding carboxylic acids is 1. The molecule has 1 aliphatic rings. The van der Waals surface area contributed by atoms with Crippen molar-refractivity contribution in [2.45, 2.75) is 51.2 Å². The molecule has 7 nitrogen and oxygen atoms in total. The summed E-state index contributed by atoms with van der Waals surface area (Å²) in [5, 5.41) is 19.5. The van der Waals surface area contributed by atoms with Gasteiger partial charge in [0.05, 0.1) is 24.9 Å². The number of hydrogen-bond donors (Lipinski definition) is 2. The van der Waals surface area contributed by atoms with E-state index in [1.165, 1.54) is 19.3 Å². The van der Waals surface area contributed by atoms with E-state index < -0.39 is 0 Å². The van der Waals surface area contributed by atoms with E-state index >= 15 is 0 Å². The molecule has 0 unspecified atom stereocenters. The summed E-state index contributed by atoms with van der Waals surface area (Å²) in [6, 6.07) is 12.1.